The van der Waals surface area contributed by atoms with Crippen LogP contribution in [0, 0.1) is 11.9 Å². The van der Waals surface area contributed by atoms with Crippen LogP contribution in [0.25, 0.3) is 10.8 Å². The summed E-state index contributed by atoms with van der Waals surface area (Å²) in [6.07, 6.45) is 4.22. The highest BCUT2D eigenvalue weighted by Gasteiger charge is 2.28. The molecule has 0 bridgehead atoms. The fraction of sp³-hybridized carbons (Fsp3) is 0.526. The third kappa shape index (κ3) is 2.37. The fourth-order valence-electron chi connectivity index (χ4n) is 3.89. The first-order chi connectivity index (χ1) is 10.5. The second-order valence-corrected chi connectivity index (χ2v) is 6.91. The van der Waals surface area contributed by atoms with E-state index in [-0.39, 0.29) is 23.5 Å². The topological polar surface area (TPSA) is 22.0 Å². The number of hydrogen-bond donors (Lipinski definition) is 0. The largest absolute Gasteiger partial charge is 0.281 e. The Morgan fingerprint density at radius 2 is 1.77 bits per heavy atom. The lowest BCUT2D eigenvalue weighted by molar-refractivity contribution is 0.229. The van der Waals surface area contributed by atoms with Crippen molar-refractivity contribution in [3.63, 3.8) is 0 Å². The van der Waals surface area contributed by atoms with Gasteiger partial charge >= 0.3 is 0 Å². The van der Waals surface area contributed by atoms with Crippen molar-refractivity contribution < 1.29 is 4.39 Å². The average Bonchev–Trinajstić information content (AvgIpc) is 2.49. The number of pyridine rings is 1. The summed E-state index contributed by atoms with van der Waals surface area (Å²) < 4.78 is 16.7. The lowest BCUT2D eigenvalue weighted by atomic mass is 9.85. The Bertz CT molecular complexity index is 747. The van der Waals surface area contributed by atoms with Crippen LogP contribution in [0.3, 0.4) is 0 Å². The molecule has 1 aliphatic carbocycles. The molecule has 0 radical (unpaired) electrons. The van der Waals surface area contributed by atoms with Crippen molar-refractivity contribution in [2.45, 2.75) is 58.4 Å². The highest BCUT2D eigenvalue weighted by atomic mass is 19.1. The fourth-order valence-corrected chi connectivity index (χ4v) is 3.89. The monoisotopic (exact) mass is 301 g/mol. The van der Waals surface area contributed by atoms with Gasteiger partial charge in [-0.1, -0.05) is 51.8 Å². The van der Waals surface area contributed by atoms with Gasteiger partial charge < -0.3 is 0 Å². The summed E-state index contributed by atoms with van der Waals surface area (Å²) in [4.78, 5) is 12.9. The van der Waals surface area contributed by atoms with Gasteiger partial charge in [-0.2, -0.15) is 4.39 Å². The second-order valence-electron chi connectivity index (χ2n) is 6.91. The zero-order chi connectivity index (χ0) is 15.9. The van der Waals surface area contributed by atoms with E-state index < -0.39 is 0 Å². The first-order valence-electron chi connectivity index (χ1n) is 8.35. The van der Waals surface area contributed by atoms with Crippen molar-refractivity contribution in [2.24, 2.45) is 5.92 Å². The minimum atomic E-state index is -0.322. The average molecular weight is 301 g/mol. The van der Waals surface area contributed by atoms with Crippen LogP contribution in [0.4, 0.5) is 4.39 Å². The van der Waals surface area contributed by atoms with Crippen molar-refractivity contribution in [1.29, 1.82) is 0 Å². The smallest absolute Gasteiger partial charge is 0.260 e. The van der Waals surface area contributed by atoms with Crippen LogP contribution in [-0.4, -0.2) is 4.57 Å². The summed E-state index contributed by atoms with van der Waals surface area (Å²) >= 11 is 0. The Labute approximate surface area is 131 Å². The van der Waals surface area contributed by atoms with E-state index in [0.717, 1.165) is 24.6 Å². The van der Waals surface area contributed by atoms with Crippen molar-refractivity contribution in [1.82, 2.24) is 4.57 Å². The summed E-state index contributed by atoms with van der Waals surface area (Å²) in [5, 5.41) is 1.41. The summed E-state index contributed by atoms with van der Waals surface area (Å²) in [5.41, 5.74) is 0.504. The van der Waals surface area contributed by atoms with Gasteiger partial charge in [-0.3, -0.25) is 9.36 Å². The molecule has 0 aliphatic heterocycles. The van der Waals surface area contributed by atoms with Gasteiger partial charge in [0, 0.05) is 17.0 Å². The maximum absolute atomic E-state index is 15.2. The van der Waals surface area contributed by atoms with Crippen LogP contribution in [0.5, 0.6) is 0 Å². The van der Waals surface area contributed by atoms with Crippen LogP contribution in [-0.2, 0) is 0 Å². The molecule has 22 heavy (non-hydrogen) atoms. The summed E-state index contributed by atoms with van der Waals surface area (Å²) in [7, 11) is 0. The van der Waals surface area contributed by atoms with Gasteiger partial charge in [-0.05, 0) is 36.1 Å². The Kier molecular flexibility index (Phi) is 4.07. The highest BCUT2D eigenvalue weighted by molar-refractivity contribution is 5.85. The van der Waals surface area contributed by atoms with Gasteiger partial charge in [-0.25, -0.2) is 0 Å². The lowest BCUT2D eigenvalue weighted by Crippen LogP contribution is -2.34. The van der Waals surface area contributed by atoms with Crippen LogP contribution in [0.2, 0.25) is 0 Å². The Balaban J connectivity index is 2.32. The molecule has 0 saturated heterocycles. The highest BCUT2D eigenvalue weighted by Crippen LogP contribution is 2.35. The SMILES string of the molecule is CC(C)c1c(F)n([C@@H]2CCCC[C@H]2C)c(=O)c2ccccc12. The number of fused-ring (bicyclic) bond motifs is 1. The van der Waals surface area contributed by atoms with E-state index in [1.807, 2.05) is 38.1 Å². The summed E-state index contributed by atoms with van der Waals surface area (Å²) in [6, 6.07) is 7.42. The Morgan fingerprint density at radius 3 is 2.41 bits per heavy atom. The maximum atomic E-state index is 15.2. The van der Waals surface area contributed by atoms with E-state index in [1.54, 1.807) is 0 Å². The molecule has 118 valence electrons. The van der Waals surface area contributed by atoms with Crippen LogP contribution >= 0.6 is 0 Å². The molecule has 0 spiro atoms. The molecule has 2 aromatic rings. The predicted octanol–water partition coefficient (Wildman–Crippen LogP) is 5.02. The quantitative estimate of drug-likeness (QED) is 0.714. The lowest BCUT2D eigenvalue weighted by Gasteiger charge is -2.32. The molecule has 2 atom stereocenters. The summed E-state index contributed by atoms with van der Waals surface area (Å²) in [5.74, 6) is 0.0789. The van der Waals surface area contributed by atoms with Crippen LogP contribution in [0.15, 0.2) is 29.1 Å². The van der Waals surface area contributed by atoms with E-state index >= 15 is 4.39 Å². The Morgan fingerprint density at radius 1 is 1.14 bits per heavy atom. The van der Waals surface area contributed by atoms with E-state index in [0.29, 0.717) is 16.9 Å². The zero-order valence-electron chi connectivity index (χ0n) is 13.6. The molecule has 0 N–H and O–H groups in total. The van der Waals surface area contributed by atoms with Gasteiger partial charge in [0.05, 0.1) is 0 Å². The standard InChI is InChI=1S/C19H24FNO/c1-12(2)17-14-9-5-6-10-15(14)19(22)21(18(17)20)16-11-7-4-8-13(16)3/h5-6,9-10,12-13,16H,4,7-8,11H2,1-3H3/t13-,16-/m1/s1. The number of rotatable bonds is 2. The maximum Gasteiger partial charge on any atom is 0.260 e. The zero-order valence-corrected chi connectivity index (χ0v) is 13.6. The number of hydrogen-bond acceptors (Lipinski definition) is 1. The normalized spacial score (nSPS) is 22.4. The van der Waals surface area contributed by atoms with Gasteiger partial charge in [-0.15, -0.1) is 0 Å². The first-order valence-corrected chi connectivity index (χ1v) is 8.35. The number of aromatic nitrogens is 1. The molecule has 0 unspecified atom stereocenters. The third-order valence-electron chi connectivity index (χ3n) is 5.08. The predicted molar refractivity (Wildman–Crippen MR) is 88.9 cm³/mol. The van der Waals surface area contributed by atoms with Crippen molar-refractivity contribution >= 4 is 10.8 Å². The number of nitrogens with zero attached hydrogens (tertiary/aromatic N) is 1. The number of benzene rings is 1. The van der Waals surface area contributed by atoms with Gasteiger partial charge in [0.15, 0.2) is 0 Å². The molecule has 1 aliphatic rings. The minimum absolute atomic E-state index is 0.0108. The molecule has 1 aromatic heterocycles. The summed E-state index contributed by atoms with van der Waals surface area (Å²) in [6.45, 7) is 6.12. The minimum Gasteiger partial charge on any atom is -0.281 e. The second kappa shape index (κ2) is 5.86. The molecule has 3 rings (SSSR count). The van der Waals surface area contributed by atoms with E-state index in [9.17, 15) is 4.79 Å². The van der Waals surface area contributed by atoms with Crippen LogP contribution < -0.4 is 5.56 Å². The molecule has 1 aromatic carbocycles. The third-order valence-corrected chi connectivity index (χ3v) is 5.08. The van der Waals surface area contributed by atoms with E-state index in [1.165, 1.54) is 11.0 Å². The van der Waals surface area contributed by atoms with Crippen molar-refractivity contribution in [3.8, 4) is 0 Å². The molecule has 0 amide bonds. The van der Waals surface area contributed by atoms with E-state index in [2.05, 4.69) is 6.92 Å². The molecule has 1 saturated carbocycles. The van der Waals surface area contributed by atoms with Crippen LogP contribution in [0.1, 0.15) is 64.0 Å². The van der Waals surface area contributed by atoms with Gasteiger partial charge in [0.25, 0.3) is 5.56 Å². The van der Waals surface area contributed by atoms with E-state index in [4.69, 9.17) is 0 Å². The van der Waals surface area contributed by atoms with Crippen molar-refractivity contribution in [2.75, 3.05) is 0 Å². The molecule has 1 heterocycles. The first kappa shape index (κ1) is 15.3. The Hall–Kier alpha value is -1.64. The van der Waals surface area contributed by atoms with Gasteiger partial charge in [0.1, 0.15) is 0 Å². The molecule has 2 nitrogen and oxygen atoms in total. The molecule has 1 fully saturated rings. The van der Waals surface area contributed by atoms with Gasteiger partial charge in [0.2, 0.25) is 5.95 Å². The van der Waals surface area contributed by atoms with Crippen molar-refractivity contribution in [3.05, 3.63) is 46.1 Å². The molecule has 3 heteroatoms. The number of halogens is 1. The molecular weight excluding hydrogens is 277 g/mol. The molecular formula is C19H24FNO.